The van der Waals surface area contributed by atoms with Gasteiger partial charge in [-0.3, -0.25) is 43.9 Å². The Balaban J connectivity index is 0.735. The second-order valence-corrected chi connectivity index (χ2v) is 20.5. The number of anilines is 5. The van der Waals surface area contributed by atoms with E-state index in [0.717, 1.165) is 68.0 Å². The molecule has 3 fully saturated rings. The van der Waals surface area contributed by atoms with Crippen LogP contribution in [0.15, 0.2) is 71.8 Å². The highest BCUT2D eigenvalue weighted by Crippen LogP contribution is 2.42. The van der Waals surface area contributed by atoms with Gasteiger partial charge in [-0.25, -0.2) is 9.97 Å². The number of aryl methyl sites for hydroxylation is 1. The lowest BCUT2D eigenvalue weighted by atomic mass is 9.81. The van der Waals surface area contributed by atoms with E-state index in [2.05, 4.69) is 62.9 Å². The number of hydrogen-bond donors (Lipinski definition) is 3. The van der Waals surface area contributed by atoms with Crippen LogP contribution in [0.2, 0.25) is 0 Å². The predicted molar refractivity (Wildman–Crippen MR) is 259 cm³/mol. The number of piperidine rings is 2. The van der Waals surface area contributed by atoms with Crippen LogP contribution >= 0.6 is 0 Å². The number of benzene rings is 2. The van der Waals surface area contributed by atoms with E-state index >= 15 is 0 Å². The fraction of sp³-hybridized carbons (Fsp3) is 0.423. The van der Waals surface area contributed by atoms with Crippen molar-refractivity contribution in [2.24, 2.45) is 24.3 Å². The Morgan fingerprint density at radius 1 is 0.826 bits per heavy atom. The minimum absolute atomic E-state index is 0.0791. The Labute approximate surface area is 399 Å². The molecule has 5 aliphatic heterocycles. The molecule has 2 aromatic carbocycles. The van der Waals surface area contributed by atoms with Crippen LogP contribution in [0.4, 0.5) is 28.7 Å². The normalized spacial score (nSPS) is 23.1. The summed E-state index contributed by atoms with van der Waals surface area (Å²) in [4.78, 5) is 95.3. The molecule has 17 nitrogen and oxygen atoms in total. The van der Waals surface area contributed by atoms with Crippen molar-refractivity contribution in [1.29, 1.82) is 0 Å². The Morgan fingerprint density at radius 2 is 1.59 bits per heavy atom. The van der Waals surface area contributed by atoms with Crippen LogP contribution in [-0.2, 0) is 42.6 Å². The third-order valence-electron chi connectivity index (χ3n) is 15.5. The Hall–Kier alpha value is -7.14. The van der Waals surface area contributed by atoms with Gasteiger partial charge < -0.3 is 29.4 Å². The number of imide groups is 2. The second kappa shape index (κ2) is 16.8. The molecule has 4 atom stereocenters. The largest absolute Gasteiger partial charge is 0.392 e. The predicted octanol–water partition coefficient (Wildman–Crippen LogP) is 5.20. The number of hydrogen-bond acceptors (Lipinski definition) is 12. The van der Waals surface area contributed by atoms with E-state index in [1.54, 1.807) is 42.5 Å². The average molecular weight is 933 g/mol. The number of amides is 5. The fourth-order valence-corrected chi connectivity index (χ4v) is 12.0. The molecule has 2 unspecified atom stereocenters. The molecule has 5 amide bonds. The van der Waals surface area contributed by atoms with Gasteiger partial charge in [-0.2, -0.15) is 0 Å². The lowest BCUT2D eigenvalue weighted by Crippen LogP contribution is -2.54. The number of carbonyl (C=O) groups is 5. The Bertz CT molecular complexity index is 3050. The van der Waals surface area contributed by atoms with E-state index < -0.39 is 29.7 Å². The van der Waals surface area contributed by atoms with Crippen LogP contribution in [0.1, 0.15) is 101 Å². The molecule has 1 aliphatic carbocycles. The van der Waals surface area contributed by atoms with Gasteiger partial charge in [-0.1, -0.05) is 13.8 Å². The smallest absolute Gasteiger partial charge is 0.293 e. The van der Waals surface area contributed by atoms with Crippen LogP contribution in [-0.4, -0.2) is 96.9 Å². The molecule has 3 N–H and O–H groups in total. The first-order chi connectivity index (χ1) is 33.2. The lowest BCUT2D eigenvalue weighted by molar-refractivity contribution is -0.136. The van der Waals surface area contributed by atoms with E-state index in [9.17, 15) is 33.9 Å². The average Bonchev–Trinajstić information content (AvgIpc) is 4.09. The van der Waals surface area contributed by atoms with Gasteiger partial charge in [-0.05, 0) is 123 Å². The fourth-order valence-electron chi connectivity index (χ4n) is 12.0. The molecule has 0 spiro atoms. The maximum atomic E-state index is 14.0. The van der Waals surface area contributed by atoms with Gasteiger partial charge in [0.2, 0.25) is 11.8 Å². The van der Waals surface area contributed by atoms with Crippen molar-refractivity contribution in [2.45, 2.75) is 91.0 Å². The molecule has 3 aromatic heterocycles. The van der Waals surface area contributed by atoms with Gasteiger partial charge in [0.05, 0.1) is 23.4 Å². The molecule has 0 radical (unpaired) electrons. The molecule has 5 aromatic rings. The van der Waals surface area contributed by atoms with Crippen molar-refractivity contribution in [3.8, 4) is 11.3 Å². The molecule has 0 saturated carbocycles. The topological polar surface area (TPSA) is 195 Å². The van der Waals surface area contributed by atoms with Crippen LogP contribution in [0, 0.1) is 17.3 Å². The Kier molecular flexibility index (Phi) is 10.8. The SMILES string of the molecule is C[C@H]1CC([C@H]2CCN(c3ccc4c(c3)C(=O)N(C3CCC(=O)NC3=O)C4=O)C2)CCN1c1ccc(Nc2nc(-c3ccnc(N4CCn5c(cc6c5CC(C)(C)C6)C4=O)c3CO)cn(C)c2=O)cc1. The minimum Gasteiger partial charge on any atom is -0.392 e. The number of aliphatic hydroxyl groups is 1. The third-order valence-corrected chi connectivity index (χ3v) is 15.5. The summed E-state index contributed by atoms with van der Waals surface area (Å²) in [5, 5.41) is 16.3. The number of rotatable bonds is 9. The maximum absolute atomic E-state index is 14.0. The summed E-state index contributed by atoms with van der Waals surface area (Å²) in [5.74, 6) is -0.663. The molecule has 11 rings (SSSR count). The second-order valence-electron chi connectivity index (χ2n) is 20.5. The first-order valence-electron chi connectivity index (χ1n) is 24.1. The molecule has 356 valence electrons. The monoisotopic (exact) mass is 932 g/mol. The van der Waals surface area contributed by atoms with Crippen LogP contribution in [0.25, 0.3) is 11.3 Å². The van der Waals surface area contributed by atoms with E-state index in [1.165, 1.54) is 15.8 Å². The first kappa shape index (κ1) is 44.4. The third kappa shape index (κ3) is 7.66. The number of fused-ring (bicyclic) bond motifs is 4. The van der Waals surface area contributed by atoms with Gasteiger partial charge in [0.15, 0.2) is 5.82 Å². The number of pyridine rings is 1. The van der Waals surface area contributed by atoms with Gasteiger partial charge in [-0.15, -0.1) is 0 Å². The van der Waals surface area contributed by atoms with Gasteiger partial charge in [0, 0.05) is 98.5 Å². The van der Waals surface area contributed by atoms with Crippen LogP contribution in [0.3, 0.4) is 0 Å². The van der Waals surface area contributed by atoms with Crippen LogP contribution in [0.5, 0.6) is 0 Å². The van der Waals surface area contributed by atoms with E-state index in [4.69, 9.17) is 4.98 Å². The van der Waals surface area contributed by atoms with E-state index in [0.29, 0.717) is 64.5 Å². The van der Waals surface area contributed by atoms with Crippen molar-refractivity contribution in [3.63, 3.8) is 0 Å². The highest BCUT2D eigenvalue weighted by Gasteiger charge is 2.45. The summed E-state index contributed by atoms with van der Waals surface area (Å²) in [6.07, 6.45) is 8.39. The molecule has 69 heavy (non-hydrogen) atoms. The molecule has 6 aliphatic rings. The summed E-state index contributed by atoms with van der Waals surface area (Å²) >= 11 is 0. The molecular weight excluding hydrogens is 877 g/mol. The van der Waals surface area contributed by atoms with Gasteiger partial charge in [0.1, 0.15) is 17.6 Å². The lowest BCUT2D eigenvalue weighted by Gasteiger charge is -2.41. The summed E-state index contributed by atoms with van der Waals surface area (Å²) in [7, 11) is 1.66. The molecule has 17 heteroatoms. The van der Waals surface area contributed by atoms with Crippen molar-refractivity contribution in [2.75, 3.05) is 46.2 Å². The van der Waals surface area contributed by atoms with E-state index in [-0.39, 0.29) is 53.8 Å². The molecule has 0 bridgehead atoms. The summed E-state index contributed by atoms with van der Waals surface area (Å²) in [6.45, 7) is 10.0. The zero-order chi connectivity index (χ0) is 48.0. The van der Waals surface area contributed by atoms with Gasteiger partial charge >= 0.3 is 0 Å². The standard InChI is InChI=1S/C52H56N10O7/c1-29-21-30(31-14-17-58(26-31)35-9-10-37-38(23-35)49(67)62(48(37)66)41-11-12-44(64)56-47(41)65)15-18-59(29)34-7-5-33(6-8-34)54-45-51(69)57(4)27-40(55-45)36-13-16-53-46(39(36)28-63)61-20-19-60-42(50(61)68)22-32-24-52(2,3)25-43(32)60/h5-10,13,16,22-23,27,29-31,41,63H,11-12,14-15,17-21,24-26,28H2,1-4H3,(H,54,55)(H,56,64,65)/t29-,30?,31-,41?/m0/s1. The number of carbonyl (C=O) groups excluding carboxylic acids is 5. The highest BCUT2D eigenvalue weighted by atomic mass is 16.3. The summed E-state index contributed by atoms with van der Waals surface area (Å²) in [6, 6.07) is 16.5. The summed E-state index contributed by atoms with van der Waals surface area (Å²) < 4.78 is 3.61. The quantitative estimate of drug-likeness (QED) is 0.164. The Morgan fingerprint density at radius 3 is 2.36 bits per heavy atom. The molecular formula is C52H56N10O7. The summed E-state index contributed by atoms with van der Waals surface area (Å²) in [5.41, 5.74) is 7.71. The first-order valence-corrected chi connectivity index (χ1v) is 24.1. The molecule has 3 saturated heterocycles. The molecule has 8 heterocycles. The van der Waals surface area contributed by atoms with Crippen molar-refractivity contribution in [3.05, 3.63) is 111 Å². The number of nitrogens with one attached hydrogen (secondary N) is 2. The van der Waals surface area contributed by atoms with E-state index in [1.807, 2.05) is 24.3 Å². The van der Waals surface area contributed by atoms with Crippen LogP contribution < -0.4 is 30.9 Å². The zero-order valence-electron chi connectivity index (χ0n) is 39.3. The zero-order valence-corrected chi connectivity index (χ0v) is 39.3. The maximum Gasteiger partial charge on any atom is 0.293 e. The number of nitrogens with zero attached hydrogens (tertiary/aromatic N) is 8. The van der Waals surface area contributed by atoms with Gasteiger partial charge in [0.25, 0.3) is 23.3 Å². The number of aromatic nitrogens is 4. The van der Waals surface area contributed by atoms with Crippen molar-refractivity contribution >= 4 is 58.2 Å². The minimum atomic E-state index is -0.992. The number of aliphatic hydroxyl groups excluding tert-OH is 1. The van der Waals surface area contributed by atoms with Crippen molar-refractivity contribution in [1.82, 2.24) is 29.3 Å². The highest BCUT2D eigenvalue weighted by molar-refractivity contribution is 6.23. The van der Waals surface area contributed by atoms with Crippen molar-refractivity contribution < 1.29 is 29.1 Å².